The van der Waals surface area contributed by atoms with Gasteiger partial charge in [0, 0.05) is 11.1 Å². The van der Waals surface area contributed by atoms with Crippen molar-refractivity contribution in [2.75, 3.05) is 5.32 Å². The average Bonchev–Trinajstić information content (AvgIpc) is 2.72. The molecule has 0 saturated heterocycles. The molecule has 4 heteroatoms. The second kappa shape index (κ2) is 9.23. The Morgan fingerprint density at radius 3 is 1.97 bits per heavy atom. The summed E-state index contributed by atoms with van der Waals surface area (Å²) in [6.07, 6.45) is 1.85. The highest BCUT2D eigenvalue weighted by molar-refractivity contribution is 6.29. The van der Waals surface area contributed by atoms with Crippen LogP contribution in [0.25, 0.3) is 11.6 Å². The van der Waals surface area contributed by atoms with Crippen molar-refractivity contribution in [2.24, 2.45) is 0 Å². The molecule has 3 aromatic carbocycles. The summed E-state index contributed by atoms with van der Waals surface area (Å²) in [6, 6.07) is 26.2. The van der Waals surface area contributed by atoms with Gasteiger partial charge in [0.2, 0.25) is 0 Å². The molecule has 0 aliphatic rings. The highest BCUT2D eigenvalue weighted by Crippen LogP contribution is 2.23. The fourth-order valence-corrected chi connectivity index (χ4v) is 3.00. The normalized spacial score (nSPS) is 11.6. The minimum atomic E-state index is -0.378. The second-order valence-electron chi connectivity index (χ2n) is 8.04. The van der Waals surface area contributed by atoms with Crippen LogP contribution in [0, 0.1) is 0 Å². The predicted octanol–water partition coefficient (Wildman–Crippen LogP) is 5.39. The Kier molecular flexibility index (Phi) is 6.48. The number of hydrogen-bond acceptors (Lipinski definition) is 2. The van der Waals surface area contributed by atoms with E-state index < -0.39 is 0 Å². The summed E-state index contributed by atoms with van der Waals surface area (Å²) in [5.41, 5.74) is 2.76. The molecule has 0 aliphatic carbocycles. The van der Waals surface area contributed by atoms with Crippen LogP contribution in [0.2, 0.25) is 0 Å². The first-order chi connectivity index (χ1) is 14.3. The highest BCUT2D eigenvalue weighted by Gasteiger charge is 2.20. The summed E-state index contributed by atoms with van der Waals surface area (Å²) < 4.78 is 0. The quantitative estimate of drug-likeness (QED) is 0.447. The maximum absolute atomic E-state index is 13.3. The first-order valence-corrected chi connectivity index (χ1v) is 9.88. The van der Waals surface area contributed by atoms with Gasteiger partial charge in [-0.1, -0.05) is 72.8 Å². The molecule has 30 heavy (non-hydrogen) atoms. The maximum Gasteiger partial charge on any atom is 0.256 e. The molecule has 0 spiro atoms. The van der Waals surface area contributed by atoms with Crippen LogP contribution >= 0.6 is 0 Å². The third-order valence-corrected chi connectivity index (χ3v) is 4.35. The third-order valence-electron chi connectivity index (χ3n) is 4.35. The molecule has 0 unspecified atom stereocenters. The molecule has 3 aromatic rings. The number of carbonyl (C=O) groups excluding carboxylic acids is 2. The maximum atomic E-state index is 13.3. The Bertz CT molecular complexity index is 1050. The molecule has 0 aromatic heterocycles. The lowest BCUT2D eigenvalue weighted by Gasteiger charge is -2.21. The molecule has 0 atom stereocenters. The highest BCUT2D eigenvalue weighted by atomic mass is 16.2. The summed E-state index contributed by atoms with van der Waals surface area (Å²) in [7, 11) is 0. The van der Waals surface area contributed by atoms with E-state index in [0.29, 0.717) is 16.8 Å². The second-order valence-corrected chi connectivity index (χ2v) is 8.04. The Morgan fingerprint density at radius 2 is 1.33 bits per heavy atom. The SMILES string of the molecule is CC(C)(C)NC(=O)c1ccccc1NC(=O)/C(=C\c1ccccc1)c1ccccc1. The number of hydrogen-bond donors (Lipinski definition) is 2. The zero-order valence-corrected chi connectivity index (χ0v) is 17.5. The Balaban J connectivity index is 1.94. The third kappa shape index (κ3) is 5.67. The number of anilines is 1. The van der Waals surface area contributed by atoms with Crippen LogP contribution in [-0.2, 0) is 4.79 Å². The van der Waals surface area contributed by atoms with Crippen LogP contribution in [0.3, 0.4) is 0 Å². The number of nitrogens with one attached hydrogen (secondary N) is 2. The molecule has 2 amide bonds. The van der Waals surface area contributed by atoms with Gasteiger partial charge in [0.1, 0.15) is 0 Å². The first kappa shape index (κ1) is 21.1. The number of amides is 2. The van der Waals surface area contributed by atoms with Gasteiger partial charge >= 0.3 is 0 Å². The Hall–Kier alpha value is -3.66. The molecule has 4 nitrogen and oxygen atoms in total. The molecule has 2 N–H and O–H groups in total. The average molecular weight is 399 g/mol. The molecule has 152 valence electrons. The van der Waals surface area contributed by atoms with Gasteiger partial charge in [-0.2, -0.15) is 0 Å². The molecule has 0 fully saturated rings. The Labute approximate surface area is 177 Å². The van der Waals surface area contributed by atoms with E-state index in [-0.39, 0.29) is 17.4 Å². The largest absolute Gasteiger partial charge is 0.347 e. The van der Waals surface area contributed by atoms with E-state index in [4.69, 9.17) is 0 Å². The monoisotopic (exact) mass is 398 g/mol. The summed E-state index contributed by atoms with van der Waals surface area (Å²) >= 11 is 0. The lowest BCUT2D eigenvalue weighted by atomic mass is 10.0. The molecule has 0 aliphatic heterocycles. The number of para-hydroxylation sites is 1. The molecule has 0 saturated carbocycles. The molecule has 0 bridgehead atoms. The lowest BCUT2D eigenvalue weighted by molar-refractivity contribution is -0.111. The van der Waals surface area contributed by atoms with Crippen molar-refractivity contribution in [1.82, 2.24) is 5.32 Å². The number of rotatable bonds is 5. The van der Waals surface area contributed by atoms with Crippen LogP contribution in [0.4, 0.5) is 5.69 Å². The van der Waals surface area contributed by atoms with E-state index in [1.54, 1.807) is 24.3 Å². The van der Waals surface area contributed by atoms with Crippen molar-refractivity contribution < 1.29 is 9.59 Å². The van der Waals surface area contributed by atoms with Crippen molar-refractivity contribution in [2.45, 2.75) is 26.3 Å². The van der Waals surface area contributed by atoms with Crippen LogP contribution in [0.1, 0.15) is 42.3 Å². The van der Waals surface area contributed by atoms with E-state index in [2.05, 4.69) is 10.6 Å². The predicted molar refractivity (Wildman–Crippen MR) is 123 cm³/mol. The van der Waals surface area contributed by atoms with Gasteiger partial charge in [-0.25, -0.2) is 0 Å². The van der Waals surface area contributed by atoms with Gasteiger partial charge in [0.05, 0.1) is 11.3 Å². The van der Waals surface area contributed by atoms with Gasteiger partial charge in [0.15, 0.2) is 0 Å². The zero-order valence-electron chi connectivity index (χ0n) is 17.5. The van der Waals surface area contributed by atoms with Crippen LogP contribution in [-0.4, -0.2) is 17.4 Å². The summed E-state index contributed by atoms with van der Waals surface area (Å²) in [5.74, 6) is -0.507. The fraction of sp³-hybridized carbons (Fsp3) is 0.154. The smallest absolute Gasteiger partial charge is 0.256 e. The minimum absolute atomic E-state index is 0.230. The summed E-state index contributed by atoms with van der Waals surface area (Å²) in [4.78, 5) is 26.0. The molecular formula is C26H26N2O2. The first-order valence-electron chi connectivity index (χ1n) is 9.88. The van der Waals surface area contributed by atoms with Crippen LogP contribution in [0.15, 0.2) is 84.9 Å². The van der Waals surface area contributed by atoms with Crippen LogP contribution < -0.4 is 10.6 Å². The molecule has 0 heterocycles. The van der Waals surface area contributed by atoms with E-state index in [1.165, 1.54) is 0 Å². The molecule has 0 radical (unpaired) electrons. The van der Waals surface area contributed by atoms with Gasteiger partial charge in [-0.15, -0.1) is 0 Å². The van der Waals surface area contributed by atoms with Crippen molar-refractivity contribution in [3.8, 4) is 0 Å². The van der Waals surface area contributed by atoms with E-state index in [1.807, 2.05) is 87.5 Å². The zero-order chi connectivity index (χ0) is 21.6. The fourth-order valence-electron chi connectivity index (χ4n) is 3.00. The van der Waals surface area contributed by atoms with Gasteiger partial charge in [-0.05, 0) is 50.1 Å². The minimum Gasteiger partial charge on any atom is -0.347 e. The van der Waals surface area contributed by atoms with Crippen molar-refractivity contribution in [3.63, 3.8) is 0 Å². The van der Waals surface area contributed by atoms with Crippen molar-refractivity contribution in [1.29, 1.82) is 0 Å². The van der Waals surface area contributed by atoms with Crippen LogP contribution in [0.5, 0.6) is 0 Å². The number of carbonyl (C=O) groups is 2. The van der Waals surface area contributed by atoms with E-state index >= 15 is 0 Å². The van der Waals surface area contributed by atoms with Gasteiger partial charge in [-0.3, -0.25) is 9.59 Å². The van der Waals surface area contributed by atoms with E-state index in [0.717, 1.165) is 11.1 Å². The van der Waals surface area contributed by atoms with Gasteiger partial charge in [0.25, 0.3) is 11.8 Å². The van der Waals surface area contributed by atoms with Gasteiger partial charge < -0.3 is 10.6 Å². The number of benzene rings is 3. The summed E-state index contributed by atoms with van der Waals surface area (Å²) in [6.45, 7) is 5.76. The topological polar surface area (TPSA) is 58.2 Å². The molecule has 3 rings (SSSR count). The Morgan fingerprint density at radius 1 is 0.767 bits per heavy atom. The summed E-state index contributed by atoms with van der Waals surface area (Å²) in [5, 5.41) is 5.87. The lowest BCUT2D eigenvalue weighted by Crippen LogP contribution is -2.40. The standard InChI is InChI=1S/C26H26N2O2/c1-26(2,3)28-25(30)21-16-10-11-17-23(21)27-24(29)22(20-14-8-5-9-15-20)18-19-12-6-4-7-13-19/h4-18H,1-3H3,(H,27,29)(H,28,30)/b22-18-. The van der Waals surface area contributed by atoms with Crippen molar-refractivity contribution in [3.05, 3.63) is 102 Å². The van der Waals surface area contributed by atoms with Crippen molar-refractivity contribution >= 4 is 29.2 Å². The van der Waals surface area contributed by atoms with E-state index in [9.17, 15) is 9.59 Å². The molecular weight excluding hydrogens is 372 g/mol.